The highest BCUT2D eigenvalue weighted by molar-refractivity contribution is 7.99. The lowest BCUT2D eigenvalue weighted by molar-refractivity contribution is -0.117. The van der Waals surface area contributed by atoms with Crippen LogP contribution in [0.5, 0.6) is 0 Å². The van der Waals surface area contributed by atoms with Gasteiger partial charge in [0.1, 0.15) is 0 Å². The zero-order valence-electron chi connectivity index (χ0n) is 11.2. The third-order valence-electron chi connectivity index (χ3n) is 3.03. The fourth-order valence-electron chi connectivity index (χ4n) is 2.00. The number of thiophene rings is 1. The predicted molar refractivity (Wildman–Crippen MR) is 87.8 cm³/mol. The molecule has 20 heavy (non-hydrogen) atoms. The lowest BCUT2D eigenvalue weighted by Gasteiger charge is -2.07. The van der Waals surface area contributed by atoms with E-state index in [0.717, 1.165) is 27.1 Å². The Balaban J connectivity index is 1.76. The molecule has 0 spiro atoms. The van der Waals surface area contributed by atoms with E-state index in [1.807, 2.05) is 6.92 Å². The first-order valence-corrected chi connectivity index (χ1v) is 9.08. The van der Waals surface area contributed by atoms with Gasteiger partial charge in [0.15, 0.2) is 5.13 Å². The highest BCUT2D eigenvalue weighted by Crippen LogP contribution is 2.34. The second kappa shape index (κ2) is 5.85. The number of hydrogen-bond donors (Lipinski definition) is 2. The lowest BCUT2D eigenvalue weighted by Crippen LogP contribution is -2.37. The van der Waals surface area contributed by atoms with Crippen molar-refractivity contribution in [1.29, 1.82) is 0 Å². The molecule has 0 saturated carbocycles. The van der Waals surface area contributed by atoms with Gasteiger partial charge in [-0.15, -0.1) is 34.4 Å². The number of nitrogens with one attached hydrogen (secondary N) is 2. The summed E-state index contributed by atoms with van der Waals surface area (Å²) in [5.74, 6) is 1.68. The fourth-order valence-corrected chi connectivity index (χ4v) is 4.75. The SMILES string of the molecule is Cc1ccc(-c2nc(NC(=O)[C@H]3CSCN3)sc2C)s1. The van der Waals surface area contributed by atoms with E-state index in [4.69, 9.17) is 0 Å². The molecule has 1 amide bonds. The van der Waals surface area contributed by atoms with Crippen LogP contribution in [0, 0.1) is 13.8 Å². The molecule has 1 aliphatic rings. The number of carbonyl (C=O) groups is 1. The molecule has 1 saturated heterocycles. The molecule has 0 radical (unpaired) electrons. The fraction of sp³-hybridized carbons (Fsp3) is 0.385. The summed E-state index contributed by atoms with van der Waals surface area (Å²) in [6.45, 7) is 4.13. The maximum absolute atomic E-state index is 12.1. The minimum atomic E-state index is -0.100. The average Bonchev–Trinajstić information content (AvgIpc) is 3.10. The molecule has 0 unspecified atom stereocenters. The Morgan fingerprint density at radius 3 is 2.90 bits per heavy atom. The van der Waals surface area contributed by atoms with Gasteiger partial charge in [-0.05, 0) is 26.0 Å². The number of aromatic nitrogens is 1. The van der Waals surface area contributed by atoms with Crippen LogP contribution in [-0.2, 0) is 4.79 Å². The zero-order chi connectivity index (χ0) is 14.1. The van der Waals surface area contributed by atoms with Crippen LogP contribution in [0.2, 0.25) is 0 Å². The summed E-state index contributed by atoms with van der Waals surface area (Å²) < 4.78 is 0. The van der Waals surface area contributed by atoms with Crippen LogP contribution in [0.4, 0.5) is 5.13 Å². The smallest absolute Gasteiger partial charge is 0.244 e. The van der Waals surface area contributed by atoms with Crippen molar-refractivity contribution in [3.63, 3.8) is 0 Å². The van der Waals surface area contributed by atoms with Crippen LogP contribution in [0.3, 0.4) is 0 Å². The van der Waals surface area contributed by atoms with Crippen LogP contribution < -0.4 is 10.6 Å². The minimum Gasteiger partial charge on any atom is -0.301 e. The molecule has 0 aliphatic carbocycles. The second-order valence-electron chi connectivity index (χ2n) is 4.60. The Labute approximate surface area is 130 Å². The van der Waals surface area contributed by atoms with E-state index in [-0.39, 0.29) is 11.9 Å². The molecular formula is C13H15N3OS3. The summed E-state index contributed by atoms with van der Waals surface area (Å²) in [7, 11) is 0. The van der Waals surface area contributed by atoms with Crippen molar-refractivity contribution in [3.8, 4) is 10.6 Å². The average molecular weight is 325 g/mol. The van der Waals surface area contributed by atoms with Crippen molar-refractivity contribution in [2.45, 2.75) is 19.9 Å². The quantitative estimate of drug-likeness (QED) is 0.910. The number of aryl methyl sites for hydroxylation is 2. The van der Waals surface area contributed by atoms with Gasteiger partial charge in [0, 0.05) is 21.4 Å². The van der Waals surface area contributed by atoms with E-state index in [9.17, 15) is 4.79 Å². The van der Waals surface area contributed by atoms with Crippen LogP contribution >= 0.6 is 34.4 Å². The van der Waals surface area contributed by atoms with E-state index < -0.39 is 0 Å². The first kappa shape index (κ1) is 14.1. The van der Waals surface area contributed by atoms with E-state index in [1.165, 1.54) is 16.2 Å². The third kappa shape index (κ3) is 2.90. The van der Waals surface area contributed by atoms with E-state index >= 15 is 0 Å². The van der Waals surface area contributed by atoms with Gasteiger partial charge < -0.3 is 5.32 Å². The number of carbonyl (C=O) groups excluding carboxylic acids is 1. The zero-order valence-corrected chi connectivity index (χ0v) is 13.7. The van der Waals surface area contributed by atoms with Crippen molar-refractivity contribution < 1.29 is 4.79 Å². The predicted octanol–water partition coefficient (Wildman–Crippen LogP) is 3.09. The molecule has 1 aliphatic heterocycles. The van der Waals surface area contributed by atoms with Crippen molar-refractivity contribution >= 4 is 45.5 Å². The van der Waals surface area contributed by atoms with Gasteiger partial charge in [-0.3, -0.25) is 10.1 Å². The standard InChI is InChI=1S/C13H15N3OS3/c1-7-3-4-10(19-7)11-8(2)20-13(15-11)16-12(17)9-5-18-6-14-9/h3-4,9,14H,5-6H2,1-2H3,(H,15,16,17)/t9-/m1/s1. The van der Waals surface area contributed by atoms with Gasteiger partial charge in [-0.1, -0.05) is 0 Å². The molecule has 3 heterocycles. The van der Waals surface area contributed by atoms with Crippen LogP contribution in [0.15, 0.2) is 12.1 Å². The molecule has 0 aromatic carbocycles. The first-order valence-electron chi connectivity index (χ1n) is 6.30. The Hall–Kier alpha value is -0.890. The molecule has 2 N–H and O–H groups in total. The molecule has 4 nitrogen and oxygen atoms in total. The Bertz CT molecular complexity index is 629. The lowest BCUT2D eigenvalue weighted by atomic mass is 10.3. The van der Waals surface area contributed by atoms with Crippen LogP contribution in [0.25, 0.3) is 10.6 Å². The molecule has 0 bridgehead atoms. The minimum absolute atomic E-state index is 0.0117. The van der Waals surface area contributed by atoms with E-state index in [1.54, 1.807) is 23.1 Å². The number of thiazole rings is 1. The highest BCUT2D eigenvalue weighted by atomic mass is 32.2. The molecule has 1 fully saturated rings. The van der Waals surface area contributed by atoms with Crippen molar-refractivity contribution in [2.75, 3.05) is 16.9 Å². The maximum atomic E-state index is 12.1. The Kier molecular flexibility index (Phi) is 4.11. The number of thioether (sulfide) groups is 1. The number of nitrogens with zero attached hydrogens (tertiary/aromatic N) is 1. The molecule has 106 valence electrons. The molecular weight excluding hydrogens is 310 g/mol. The number of hydrogen-bond acceptors (Lipinski definition) is 6. The second-order valence-corrected chi connectivity index (χ2v) is 8.12. The van der Waals surface area contributed by atoms with Crippen LogP contribution in [-0.4, -0.2) is 28.6 Å². The highest BCUT2D eigenvalue weighted by Gasteiger charge is 2.23. The Morgan fingerprint density at radius 1 is 1.40 bits per heavy atom. The van der Waals surface area contributed by atoms with Gasteiger partial charge in [-0.2, -0.15) is 0 Å². The van der Waals surface area contributed by atoms with E-state index in [2.05, 4.69) is 34.7 Å². The van der Waals surface area contributed by atoms with Crippen molar-refractivity contribution in [3.05, 3.63) is 21.9 Å². The van der Waals surface area contributed by atoms with Gasteiger partial charge in [0.2, 0.25) is 5.91 Å². The largest absolute Gasteiger partial charge is 0.301 e. The molecule has 1 atom stereocenters. The topological polar surface area (TPSA) is 54.0 Å². The summed E-state index contributed by atoms with van der Waals surface area (Å²) in [4.78, 5) is 20.2. The van der Waals surface area contributed by atoms with E-state index in [0.29, 0.717) is 5.13 Å². The molecule has 2 aromatic heterocycles. The van der Waals surface area contributed by atoms with Gasteiger partial charge in [0.05, 0.1) is 16.6 Å². The summed E-state index contributed by atoms with van der Waals surface area (Å²) >= 11 is 5.00. The third-order valence-corrected chi connectivity index (χ3v) is 5.87. The maximum Gasteiger partial charge on any atom is 0.244 e. The van der Waals surface area contributed by atoms with Crippen molar-refractivity contribution in [2.24, 2.45) is 0 Å². The first-order chi connectivity index (χ1) is 9.63. The normalized spacial score (nSPS) is 18.4. The summed E-state index contributed by atoms with van der Waals surface area (Å²) in [5, 5.41) is 6.77. The number of anilines is 1. The summed E-state index contributed by atoms with van der Waals surface area (Å²) in [5.41, 5.74) is 0.983. The molecule has 7 heteroatoms. The van der Waals surface area contributed by atoms with Gasteiger partial charge in [0.25, 0.3) is 0 Å². The number of rotatable bonds is 3. The van der Waals surface area contributed by atoms with Crippen LogP contribution in [0.1, 0.15) is 9.75 Å². The van der Waals surface area contributed by atoms with Gasteiger partial charge in [-0.25, -0.2) is 4.98 Å². The summed E-state index contributed by atoms with van der Waals surface area (Å²) in [6, 6.07) is 4.08. The van der Waals surface area contributed by atoms with Crippen molar-refractivity contribution in [1.82, 2.24) is 10.3 Å². The van der Waals surface area contributed by atoms with Gasteiger partial charge >= 0.3 is 0 Å². The molecule has 3 rings (SSSR count). The summed E-state index contributed by atoms with van der Waals surface area (Å²) in [6.07, 6.45) is 0. The monoisotopic (exact) mass is 325 g/mol. The molecule has 2 aromatic rings. The Morgan fingerprint density at radius 2 is 2.25 bits per heavy atom. The number of amides is 1.